The van der Waals surface area contributed by atoms with Gasteiger partial charge in [-0.05, 0) is 42.0 Å². The fraction of sp³-hybridized carbons (Fsp3) is 0.182. The summed E-state index contributed by atoms with van der Waals surface area (Å²) in [5, 5.41) is 26.1. The summed E-state index contributed by atoms with van der Waals surface area (Å²) < 4.78 is 14.7. The smallest absolute Gasteiger partial charge is 0.356 e. The molecule has 31 heavy (non-hydrogen) atoms. The van der Waals surface area contributed by atoms with Gasteiger partial charge in [0.1, 0.15) is 11.6 Å². The number of carboxylic acid groups (broad SMARTS) is 1. The van der Waals surface area contributed by atoms with Gasteiger partial charge in [0.15, 0.2) is 11.5 Å². The molecule has 1 amide bonds. The van der Waals surface area contributed by atoms with Crippen LogP contribution in [0, 0.1) is 5.82 Å². The van der Waals surface area contributed by atoms with E-state index in [0.717, 1.165) is 0 Å². The summed E-state index contributed by atoms with van der Waals surface area (Å²) in [6.45, 7) is 1.82. The normalized spacial score (nSPS) is 13.8. The first-order valence-electron chi connectivity index (χ1n) is 9.62. The summed E-state index contributed by atoms with van der Waals surface area (Å²) in [7, 11) is 0. The molecule has 158 valence electrons. The zero-order valence-electron chi connectivity index (χ0n) is 16.4. The Labute approximate surface area is 177 Å². The number of benzene rings is 2. The number of anilines is 1. The van der Waals surface area contributed by atoms with Gasteiger partial charge in [0.25, 0.3) is 5.91 Å². The van der Waals surface area contributed by atoms with E-state index in [1.807, 2.05) is 4.90 Å². The standard InChI is InChI=1S/C22H19FN4O4/c23-18-13-15(4-5-17(18)14-2-1-3-16(28)12-14)21(29)27-10-8-26(9-11-27)20-7-6-19(22(30)31)24-25-20/h1-7,12-13,28H,8-11H2,(H,30,31). The van der Waals surface area contributed by atoms with Crippen molar-refractivity contribution in [3.8, 4) is 16.9 Å². The van der Waals surface area contributed by atoms with Crippen LogP contribution in [-0.2, 0) is 0 Å². The van der Waals surface area contributed by atoms with Crippen molar-refractivity contribution < 1.29 is 24.2 Å². The molecular formula is C22H19FN4O4. The number of aromatic hydroxyl groups is 1. The average molecular weight is 422 g/mol. The zero-order chi connectivity index (χ0) is 22.0. The van der Waals surface area contributed by atoms with Gasteiger partial charge in [0.05, 0.1) is 0 Å². The molecule has 3 aromatic rings. The fourth-order valence-electron chi connectivity index (χ4n) is 3.48. The molecule has 9 heteroatoms. The van der Waals surface area contributed by atoms with Gasteiger partial charge in [-0.25, -0.2) is 9.18 Å². The van der Waals surface area contributed by atoms with Crippen molar-refractivity contribution in [1.29, 1.82) is 0 Å². The van der Waals surface area contributed by atoms with E-state index in [4.69, 9.17) is 5.11 Å². The van der Waals surface area contributed by atoms with Gasteiger partial charge in [-0.2, -0.15) is 0 Å². The molecule has 1 aromatic heterocycles. The monoisotopic (exact) mass is 422 g/mol. The predicted octanol–water partition coefficient (Wildman–Crippen LogP) is 2.65. The van der Waals surface area contributed by atoms with Crippen LogP contribution < -0.4 is 4.90 Å². The number of carbonyl (C=O) groups is 2. The Hall–Kier alpha value is -4.01. The van der Waals surface area contributed by atoms with Crippen LogP contribution in [0.5, 0.6) is 5.75 Å². The lowest BCUT2D eigenvalue weighted by atomic mass is 10.0. The third-order valence-corrected chi connectivity index (χ3v) is 5.13. The number of piperazine rings is 1. The lowest BCUT2D eigenvalue weighted by Crippen LogP contribution is -2.49. The molecular weight excluding hydrogens is 403 g/mol. The van der Waals surface area contributed by atoms with Crippen LogP contribution in [0.15, 0.2) is 54.6 Å². The van der Waals surface area contributed by atoms with Gasteiger partial charge in [-0.3, -0.25) is 4.79 Å². The number of rotatable bonds is 4. The van der Waals surface area contributed by atoms with E-state index >= 15 is 0 Å². The van der Waals surface area contributed by atoms with Crippen LogP contribution in [0.25, 0.3) is 11.1 Å². The quantitative estimate of drug-likeness (QED) is 0.666. The van der Waals surface area contributed by atoms with Crippen LogP contribution in [-0.4, -0.2) is 63.4 Å². The van der Waals surface area contributed by atoms with E-state index < -0.39 is 11.8 Å². The molecule has 1 fully saturated rings. The number of carboxylic acids is 1. The SMILES string of the molecule is O=C(O)c1ccc(N2CCN(C(=O)c3ccc(-c4cccc(O)c4)c(F)c3)CC2)nn1. The number of aromatic nitrogens is 2. The minimum absolute atomic E-state index is 0.0391. The Morgan fingerprint density at radius 2 is 1.71 bits per heavy atom. The first-order chi connectivity index (χ1) is 14.9. The van der Waals surface area contributed by atoms with E-state index in [9.17, 15) is 19.1 Å². The molecule has 0 spiro atoms. The number of amides is 1. The Balaban J connectivity index is 1.42. The molecule has 8 nitrogen and oxygen atoms in total. The summed E-state index contributed by atoms with van der Waals surface area (Å²) in [6, 6.07) is 13.6. The van der Waals surface area contributed by atoms with Crippen molar-refractivity contribution in [2.24, 2.45) is 0 Å². The number of hydrogen-bond acceptors (Lipinski definition) is 6. The van der Waals surface area contributed by atoms with E-state index in [2.05, 4.69) is 10.2 Å². The molecule has 1 aliphatic rings. The molecule has 0 unspecified atom stereocenters. The van der Waals surface area contributed by atoms with E-state index in [0.29, 0.717) is 43.1 Å². The number of aromatic carboxylic acids is 1. The van der Waals surface area contributed by atoms with Crippen molar-refractivity contribution in [2.45, 2.75) is 0 Å². The minimum Gasteiger partial charge on any atom is -0.508 e. The third kappa shape index (κ3) is 4.30. The molecule has 0 bridgehead atoms. The van der Waals surface area contributed by atoms with Crippen molar-refractivity contribution in [3.63, 3.8) is 0 Å². The van der Waals surface area contributed by atoms with Gasteiger partial charge in [-0.15, -0.1) is 10.2 Å². The fourth-order valence-corrected chi connectivity index (χ4v) is 3.48. The summed E-state index contributed by atoms with van der Waals surface area (Å²) in [4.78, 5) is 27.3. The number of halogens is 1. The summed E-state index contributed by atoms with van der Waals surface area (Å²) in [6.07, 6.45) is 0. The minimum atomic E-state index is -1.14. The van der Waals surface area contributed by atoms with E-state index in [1.165, 1.54) is 30.3 Å². The molecule has 0 radical (unpaired) electrons. The molecule has 2 aromatic carbocycles. The van der Waals surface area contributed by atoms with Crippen molar-refractivity contribution in [2.75, 3.05) is 31.1 Å². The number of carbonyl (C=O) groups excluding carboxylic acids is 1. The Kier molecular flexibility index (Phi) is 5.48. The third-order valence-electron chi connectivity index (χ3n) is 5.13. The van der Waals surface area contributed by atoms with Gasteiger partial charge < -0.3 is 20.0 Å². The molecule has 1 aliphatic heterocycles. The second kappa shape index (κ2) is 8.39. The van der Waals surface area contributed by atoms with Crippen LogP contribution in [0.2, 0.25) is 0 Å². The van der Waals surface area contributed by atoms with Crippen LogP contribution in [0.3, 0.4) is 0 Å². The molecule has 0 atom stereocenters. The van der Waals surface area contributed by atoms with Gasteiger partial charge in [0, 0.05) is 37.3 Å². The molecule has 1 saturated heterocycles. The number of phenolic OH excluding ortho intramolecular Hbond substituents is 1. The van der Waals surface area contributed by atoms with Crippen molar-refractivity contribution in [3.05, 3.63) is 71.7 Å². The molecule has 0 saturated carbocycles. The lowest BCUT2D eigenvalue weighted by Gasteiger charge is -2.35. The second-order valence-corrected chi connectivity index (χ2v) is 7.11. The summed E-state index contributed by atoms with van der Waals surface area (Å²) >= 11 is 0. The number of nitrogens with zero attached hydrogens (tertiary/aromatic N) is 4. The van der Waals surface area contributed by atoms with Gasteiger partial charge >= 0.3 is 5.97 Å². The Morgan fingerprint density at radius 3 is 2.32 bits per heavy atom. The molecule has 0 aliphatic carbocycles. The molecule has 2 N–H and O–H groups in total. The highest BCUT2D eigenvalue weighted by molar-refractivity contribution is 5.95. The highest BCUT2D eigenvalue weighted by atomic mass is 19.1. The van der Waals surface area contributed by atoms with Gasteiger partial charge in [0.2, 0.25) is 0 Å². The predicted molar refractivity (Wildman–Crippen MR) is 111 cm³/mol. The largest absolute Gasteiger partial charge is 0.508 e. The van der Waals surface area contributed by atoms with E-state index in [1.54, 1.807) is 29.2 Å². The lowest BCUT2D eigenvalue weighted by molar-refractivity contribution is 0.0687. The maximum Gasteiger partial charge on any atom is 0.356 e. The number of phenols is 1. The summed E-state index contributed by atoms with van der Waals surface area (Å²) in [5.41, 5.74) is 0.954. The topological polar surface area (TPSA) is 107 Å². The van der Waals surface area contributed by atoms with Gasteiger partial charge in [-0.1, -0.05) is 18.2 Å². The molecule has 2 heterocycles. The maximum atomic E-state index is 14.7. The van der Waals surface area contributed by atoms with Crippen LogP contribution in [0.4, 0.5) is 10.2 Å². The zero-order valence-corrected chi connectivity index (χ0v) is 16.4. The summed E-state index contributed by atoms with van der Waals surface area (Å²) in [5.74, 6) is -1.37. The van der Waals surface area contributed by atoms with Crippen LogP contribution >= 0.6 is 0 Å². The average Bonchev–Trinajstić information content (AvgIpc) is 2.78. The van der Waals surface area contributed by atoms with E-state index in [-0.39, 0.29) is 22.9 Å². The maximum absolute atomic E-state index is 14.7. The first-order valence-corrected chi connectivity index (χ1v) is 9.62. The highest BCUT2D eigenvalue weighted by Gasteiger charge is 2.24. The van der Waals surface area contributed by atoms with Crippen molar-refractivity contribution in [1.82, 2.24) is 15.1 Å². The highest BCUT2D eigenvalue weighted by Crippen LogP contribution is 2.27. The Bertz CT molecular complexity index is 1130. The van der Waals surface area contributed by atoms with Crippen LogP contribution in [0.1, 0.15) is 20.8 Å². The van der Waals surface area contributed by atoms with Crippen molar-refractivity contribution >= 4 is 17.7 Å². The first kappa shape index (κ1) is 20.3. The number of hydrogen-bond donors (Lipinski definition) is 2. The molecule has 4 rings (SSSR count). The second-order valence-electron chi connectivity index (χ2n) is 7.11. The Morgan fingerprint density at radius 1 is 0.935 bits per heavy atom.